The molecule has 2 aromatic carbocycles. The van der Waals surface area contributed by atoms with Crippen molar-refractivity contribution in [2.45, 2.75) is 20.1 Å². The van der Waals surface area contributed by atoms with E-state index in [0.29, 0.717) is 19.8 Å². The van der Waals surface area contributed by atoms with Crippen molar-refractivity contribution in [1.29, 1.82) is 0 Å². The van der Waals surface area contributed by atoms with Gasteiger partial charge in [0, 0.05) is 24.4 Å². The molecule has 0 saturated heterocycles. The van der Waals surface area contributed by atoms with Crippen molar-refractivity contribution < 1.29 is 14.2 Å². The van der Waals surface area contributed by atoms with Gasteiger partial charge in [0.05, 0.1) is 11.1 Å². The minimum atomic E-state index is 0.280. The van der Waals surface area contributed by atoms with E-state index in [9.17, 15) is 0 Å². The van der Waals surface area contributed by atoms with Gasteiger partial charge in [-0.2, -0.15) is 0 Å². The zero-order valence-electron chi connectivity index (χ0n) is 12.4. The molecule has 1 aliphatic heterocycles. The summed E-state index contributed by atoms with van der Waals surface area (Å²) in [6.07, 6.45) is 0. The number of nitrogens with one attached hydrogen (secondary N) is 1. The van der Waals surface area contributed by atoms with Gasteiger partial charge in [-0.3, -0.25) is 0 Å². The van der Waals surface area contributed by atoms with Crippen LogP contribution in [0.1, 0.15) is 18.1 Å². The summed E-state index contributed by atoms with van der Waals surface area (Å²) in [5.74, 6) is 1.56. The van der Waals surface area contributed by atoms with Crippen LogP contribution in [0, 0.1) is 0 Å². The first-order chi connectivity index (χ1) is 10.8. The highest BCUT2D eigenvalue weighted by molar-refractivity contribution is 9.10. The van der Waals surface area contributed by atoms with E-state index in [0.717, 1.165) is 32.8 Å². The van der Waals surface area contributed by atoms with Gasteiger partial charge in [0.15, 0.2) is 11.5 Å². The summed E-state index contributed by atoms with van der Waals surface area (Å²) in [4.78, 5) is 0. The van der Waals surface area contributed by atoms with Crippen molar-refractivity contribution in [2.75, 3.05) is 18.7 Å². The van der Waals surface area contributed by atoms with E-state index in [1.54, 1.807) is 0 Å². The number of benzene rings is 2. The van der Waals surface area contributed by atoms with E-state index in [1.165, 1.54) is 0 Å². The number of halogens is 1. The smallest absolute Gasteiger partial charge is 0.231 e. The lowest BCUT2D eigenvalue weighted by atomic mass is 10.1. The van der Waals surface area contributed by atoms with Crippen LogP contribution in [-0.2, 0) is 17.9 Å². The molecule has 5 heteroatoms. The Morgan fingerprint density at radius 1 is 1.23 bits per heavy atom. The van der Waals surface area contributed by atoms with Crippen molar-refractivity contribution >= 4 is 21.6 Å². The fraction of sp³-hybridized carbons (Fsp3) is 0.294. The predicted molar refractivity (Wildman–Crippen MR) is 89.4 cm³/mol. The van der Waals surface area contributed by atoms with E-state index >= 15 is 0 Å². The quantitative estimate of drug-likeness (QED) is 0.829. The molecule has 0 unspecified atom stereocenters. The van der Waals surface area contributed by atoms with Gasteiger partial charge in [-0.05, 0) is 46.6 Å². The number of rotatable bonds is 6. The molecule has 0 saturated carbocycles. The lowest BCUT2D eigenvalue weighted by molar-refractivity contribution is 0.134. The molecule has 0 atom stereocenters. The number of para-hydroxylation sites is 1. The van der Waals surface area contributed by atoms with Crippen LogP contribution in [0.3, 0.4) is 0 Å². The lowest BCUT2D eigenvalue weighted by Gasteiger charge is -2.13. The molecule has 3 rings (SSSR count). The number of ether oxygens (including phenoxy) is 3. The van der Waals surface area contributed by atoms with E-state index in [4.69, 9.17) is 14.2 Å². The van der Waals surface area contributed by atoms with Gasteiger partial charge in [0.2, 0.25) is 6.79 Å². The second kappa shape index (κ2) is 7.03. The predicted octanol–water partition coefficient (Wildman–Crippen LogP) is 4.33. The van der Waals surface area contributed by atoms with E-state index in [-0.39, 0.29) is 6.79 Å². The van der Waals surface area contributed by atoms with Gasteiger partial charge in [-0.1, -0.05) is 18.2 Å². The maximum atomic E-state index is 5.51. The molecule has 1 heterocycles. The Kier molecular flexibility index (Phi) is 4.85. The Bertz CT molecular complexity index is 660. The van der Waals surface area contributed by atoms with Gasteiger partial charge >= 0.3 is 0 Å². The van der Waals surface area contributed by atoms with Crippen LogP contribution in [0.2, 0.25) is 0 Å². The lowest BCUT2D eigenvalue weighted by Crippen LogP contribution is -2.03. The average Bonchev–Trinajstić information content (AvgIpc) is 3.01. The first-order valence-electron chi connectivity index (χ1n) is 7.25. The molecule has 0 fully saturated rings. The van der Waals surface area contributed by atoms with Crippen molar-refractivity contribution in [2.24, 2.45) is 0 Å². The second-order valence-corrected chi connectivity index (χ2v) is 5.81. The highest BCUT2D eigenvalue weighted by Gasteiger charge is 2.17. The van der Waals surface area contributed by atoms with Crippen molar-refractivity contribution in [3.63, 3.8) is 0 Å². The van der Waals surface area contributed by atoms with Gasteiger partial charge in [-0.15, -0.1) is 0 Å². The molecule has 1 aliphatic rings. The molecule has 0 bridgehead atoms. The molecule has 116 valence electrons. The molecule has 0 spiro atoms. The third-order valence-electron chi connectivity index (χ3n) is 3.45. The van der Waals surface area contributed by atoms with Crippen LogP contribution >= 0.6 is 15.9 Å². The first kappa shape index (κ1) is 15.2. The van der Waals surface area contributed by atoms with Crippen LogP contribution in [0.25, 0.3) is 0 Å². The topological polar surface area (TPSA) is 39.7 Å². The molecule has 0 aliphatic carbocycles. The average molecular weight is 364 g/mol. The monoisotopic (exact) mass is 363 g/mol. The summed E-state index contributed by atoms with van der Waals surface area (Å²) in [5.41, 5.74) is 3.37. The number of anilines is 1. The summed E-state index contributed by atoms with van der Waals surface area (Å²) in [6, 6.07) is 12.2. The van der Waals surface area contributed by atoms with Gasteiger partial charge in [-0.25, -0.2) is 0 Å². The van der Waals surface area contributed by atoms with Gasteiger partial charge in [0.25, 0.3) is 0 Å². The normalized spacial score (nSPS) is 12.5. The minimum Gasteiger partial charge on any atom is -0.454 e. The molecule has 2 aromatic rings. The Morgan fingerprint density at radius 2 is 2.09 bits per heavy atom. The molecular weight excluding hydrogens is 346 g/mol. The SMILES string of the molecule is CCOCc1ccccc1NCc1cc(Br)c2c(c1)OCO2. The zero-order valence-corrected chi connectivity index (χ0v) is 14.0. The fourth-order valence-corrected chi connectivity index (χ4v) is 2.95. The minimum absolute atomic E-state index is 0.280. The largest absolute Gasteiger partial charge is 0.454 e. The summed E-state index contributed by atoms with van der Waals surface area (Å²) >= 11 is 3.52. The Morgan fingerprint density at radius 3 is 2.95 bits per heavy atom. The Labute approximate surface area is 138 Å². The van der Waals surface area contributed by atoms with E-state index in [2.05, 4.69) is 33.4 Å². The first-order valence-corrected chi connectivity index (χ1v) is 8.04. The summed E-state index contributed by atoms with van der Waals surface area (Å²) in [7, 11) is 0. The van der Waals surface area contributed by atoms with Crippen molar-refractivity contribution in [3.05, 3.63) is 52.0 Å². The summed E-state index contributed by atoms with van der Waals surface area (Å²) in [5, 5.41) is 3.46. The third kappa shape index (κ3) is 3.36. The standard InChI is InChI=1S/C17H18BrNO3/c1-2-20-10-13-5-3-4-6-15(13)19-9-12-7-14(18)17-16(8-12)21-11-22-17/h3-8,19H,2,9-11H2,1H3. The zero-order chi connectivity index (χ0) is 15.4. The molecule has 0 aromatic heterocycles. The Hall–Kier alpha value is -1.72. The highest BCUT2D eigenvalue weighted by atomic mass is 79.9. The molecule has 0 amide bonds. The molecule has 4 nitrogen and oxygen atoms in total. The van der Waals surface area contributed by atoms with Gasteiger partial charge in [0.1, 0.15) is 0 Å². The summed E-state index contributed by atoms with van der Waals surface area (Å²) < 4.78 is 17.3. The fourth-order valence-electron chi connectivity index (χ4n) is 2.35. The summed E-state index contributed by atoms with van der Waals surface area (Å²) in [6.45, 7) is 4.31. The number of hydrogen-bond donors (Lipinski definition) is 1. The number of hydrogen-bond acceptors (Lipinski definition) is 4. The second-order valence-electron chi connectivity index (χ2n) is 4.96. The van der Waals surface area contributed by atoms with Crippen LogP contribution in [0.15, 0.2) is 40.9 Å². The highest BCUT2D eigenvalue weighted by Crippen LogP contribution is 2.40. The van der Waals surface area contributed by atoms with Crippen molar-refractivity contribution in [1.82, 2.24) is 0 Å². The number of fused-ring (bicyclic) bond motifs is 1. The van der Waals surface area contributed by atoms with Crippen molar-refractivity contribution in [3.8, 4) is 11.5 Å². The molecule has 1 N–H and O–H groups in total. The van der Waals surface area contributed by atoms with Gasteiger partial charge < -0.3 is 19.5 Å². The molecule has 0 radical (unpaired) electrons. The van der Waals surface area contributed by atoms with Crippen LogP contribution in [-0.4, -0.2) is 13.4 Å². The molecular formula is C17H18BrNO3. The van der Waals surface area contributed by atoms with Crippen LogP contribution < -0.4 is 14.8 Å². The van der Waals surface area contributed by atoms with Crippen LogP contribution in [0.5, 0.6) is 11.5 Å². The van der Waals surface area contributed by atoms with E-state index < -0.39 is 0 Å². The maximum absolute atomic E-state index is 5.51. The van der Waals surface area contributed by atoms with Crippen LogP contribution in [0.4, 0.5) is 5.69 Å². The van der Waals surface area contributed by atoms with E-state index in [1.807, 2.05) is 31.2 Å². The molecule has 22 heavy (non-hydrogen) atoms. The Balaban J connectivity index is 1.72. The maximum Gasteiger partial charge on any atom is 0.231 e. The third-order valence-corrected chi connectivity index (χ3v) is 4.04.